The van der Waals surface area contributed by atoms with Crippen LogP contribution in [0.4, 0.5) is 9.18 Å². The zero-order chi connectivity index (χ0) is 12.3. The van der Waals surface area contributed by atoms with Gasteiger partial charge in [-0.25, -0.2) is 9.18 Å². The molecule has 1 amide bonds. The van der Waals surface area contributed by atoms with Crippen molar-refractivity contribution in [3.63, 3.8) is 0 Å². The number of halogens is 1. The molecule has 4 nitrogen and oxygen atoms in total. The van der Waals surface area contributed by atoms with E-state index in [2.05, 4.69) is 5.32 Å². The van der Waals surface area contributed by atoms with Crippen molar-refractivity contribution in [3.05, 3.63) is 0 Å². The van der Waals surface area contributed by atoms with Gasteiger partial charge in [0.05, 0.1) is 6.04 Å². The van der Waals surface area contributed by atoms with Crippen LogP contribution >= 0.6 is 0 Å². The molecule has 0 heterocycles. The maximum absolute atomic E-state index is 13.3. The summed E-state index contributed by atoms with van der Waals surface area (Å²) in [5.41, 5.74) is 3.44. The van der Waals surface area contributed by atoms with Crippen LogP contribution in [0.25, 0.3) is 0 Å². The lowest BCUT2D eigenvalue weighted by Gasteiger charge is -2.24. The summed E-state index contributed by atoms with van der Waals surface area (Å²) < 4.78 is 18.2. The van der Waals surface area contributed by atoms with E-state index in [-0.39, 0.29) is 6.54 Å². The van der Waals surface area contributed by atoms with E-state index < -0.39 is 23.4 Å². The molecule has 3 N–H and O–H groups in total. The number of amides is 1. The molecule has 0 bridgehead atoms. The number of carbonyl (C=O) groups excluding carboxylic acids is 1. The van der Waals surface area contributed by atoms with Gasteiger partial charge in [0, 0.05) is 6.54 Å². The molecule has 0 aromatic rings. The topological polar surface area (TPSA) is 64.3 Å². The Kier molecular flexibility index (Phi) is 4.52. The van der Waals surface area contributed by atoms with Gasteiger partial charge in [0.25, 0.3) is 0 Å². The third kappa shape index (κ3) is 7.13. The first-order chi connectivity index (χ1) is 6.52. The van der Waals surface area contributed by atoms with Crippen molar-refractivity contribution in [2.45, 2.75) is 51.9 Å². The highest BCUT2D eigenvalue weighted by atomic mass is 19.1. The second-order valence-electron chi connectivity index (χ2n) is 5.05. The lowest BCUT2D eigenvalue weighted by Crippen LogP contribution is -2.48. The first-order valence-corrected chi connectivity index (χ1v) is 4.94. The van der Waals surface area contributed by atoms with Crippen molar-refractivity contribution in [2.75, 3.05) is 6.54 Å². The lowest BCUT2D eigenvalue weighted by atomic mass is 10.0. The highest BCUT2D eigenvalue weighted by Crippen LogP contribution is 2.12. The summed E-state index contributed by atoms with van der Waals surface area (Å²) in [4.78, 5) is 11.2. The molecule has 0 aliphatic rings. The van der Waals surface area contributed by atoms with E-state index >= 15 is 0 Å². The smallest absolute Gasteiger partial charge is 0.407 e. The minimum atomic E-state index is -1.52. The molecule has 1 unspecified atom stereocenters. The highest BCUT2D eigenvalue weighted by molar-refractivity contribution is 5.67. The van der Waals surface area contributed by atoms with Gasteiger partial charge in [-0.1, -0.05) is 0 Å². The van der Waals surface area contributed by atoms with Crippen LogP contribution in [-0.2, 0) is 4.74 Å². The molecule has 0 saturated heterocycles. The summed E-state index contributed by atoms with van der Waals surface area (Å²) in [6.07, 6.45) is -0.581. The van der Waals surface area contributed by atoms with Gasteiger partial charge in [-0.15, -0.1) is 0 Å². The second kappa shape index (κ2) is 4.79. The standard InChI is InChI=1S/C10H21FN2O2/c1-9(2,3)15-8(14)13-6-7(12)10(4,5)11/h7H,6,12H2,1-5H3,(H,13,14). The Morgan fingerprint density at radius 2 is 1.87 bits per heavy atom. The number of alkyl halides is 1. The minimum absolute atomic E-state index is 0.0540. The summed E-state index contributed by atoms with van der Waals surface area (Å²) in [5.74, 6) is 0. The van der Waals surface area contributed by atoms with Gasteiger partial charge >= 0.3 is 6.09 Å². The Bertz CT molecular complexity index is 218. The van der Waals surface area contributed by atoms with Crippen molar-refractivity contribution >= 4 is 6.09 Å². The van der Waals surface area contributed by atoms with E-state index in [9.17, 15) is 9.18 Å². The fourth-order valence-electron chi connectivity index (χ4n) is 0.750. The van der Waals surface area contributed by atoms with Crippen molar-refractivity contribution < 1.29 is 13.9 Å². The van der Waals surface area contributed by atoms with Gasteiger partial charge in [-0.05, 0) is 34.6 Å². The van der Waals surface area contributed by atoms with Crippen LogP contribution in [0.1, 0.15) is 34.6 Å². The van der Waals surface area contributed by atoms with Gasteiger partial charge in [-0.2, -0.15) is 0 Å². The van der Waals surface area contributed by atoms with Crippen molar-refractivity contribution in [3.8, 4) is 0 Å². The zero-order valence-corrected chi connectivity index (χ0v) is 10.1. The van der Waals surface area contributed by atoms with Gasteiger partial charge in [0.15, 0.2) is 0 Å². The molecule has 0 saturated carbocycles. The predicted molar refractivity (Wildman–Crippen MR) is 57.4 cm³/mol. The second-order valence-corrected chi connectivity index (χ2v) is 5.05. The van der Waals surface area contributed by atoms with Gasteiger partial charge in [0.1, 0.15) is 11.3 Å². The number of alkyl carbamates (subject to hydrolysis) is 1. The Balaban J connectivity index is 3.92. The van der Waals surface area contributed by atoms with Crippen LogP contribution in [0.5, 0.6) is 0 Å². The first-order valence-electron chi connectivity index (χ1n) is 4.94. The van der Waals surface area contributed by atoms with Crippen molar-refractivity contribution in [2.24, 2.45) is 5.73 Å². The molecular formula is C10H21FN2O2. The summed E-state index contributed by atoms with van der Waals surface area (Å²) in [7, 11) is 0. The van der Waals surface area contributed by atoms with Crippen LogP contribution in [0, 0.1) is 0 Å². The third-order valence-electron chi connectivity index (χ3n) is 1.75. The molecule has 15 heavy (non-hydrogen) atoms. The quantitative estimate of drug-likeness (QED) is 0.759. The first kappa shape index (κ1) is 14.2. The molecule has 0 aromatic carbocycles. The Morgan fingerprint density at radius 1 is 1.40 bits per heavy atom. The molecule has 0 fully saturated rings. The zero-order valence-electron chi connectivity index (χ0n) is 10.1. The minimum Gasteiger partial charge on any atom is -0.444 e. The normalized spacial score (nSPS) is 14.6. The lowest BCUT2D eigenvalue weighted by molar-refractivity contribution is 0.0511. The number of nitrogens with one attached hydrogen (secondary N) is 1. The van der Waals surface area contributed by atoms with E-state index in [4.69, 9.17) is 10.5 Å². The average Bonchev–Trinajstić information content (AvgIpc) is 1.94. The largest absolute Gasteiger partial charge is 0.444 e. The predicted octanol–water partition coefficient (Wildman–Crippen LogP) is 1.59. The van der Waals surface area contributed by atoms with Crippen LogP contribution < -0.4 is 11.1 Å². The Morgan fingerprint density at radius 3 is 2.20 bits per heavy atom. The fraction of sp³-hybridized carbons (Fsp3) is 0.900. The van der Waals surface area contributed by atoms with Gasteiger partial charge in [-0.3, -0.25) is 0 Å². The molecule has 0 radical (unpaired) electrons. The van der Waals surface area contributed by atoms with Crippen molar-refractivity contribution in [1.29, 1.82) is 0 Å². The molecule has 0 aromatic heterocycles. The summed E-state index contributed by atoms with van der Waals surface area (Å²) in [6, 6.07) is -0.745. The monoisotopic (exact) mass is 220 g/mol. The summed E-state index contributed by atoms with van der Waals surface area (Å²) in [5, 5.41) is 2.42. The van der Waals surface area contributed by atoms with Crippen molar-refractivity contribution in [1.82, 2.24) is 5.32 Å². The number of nitrogens with two attached hydrogens (primary N) is 1. The van der Waals surface area contributed by atoms with E-state index in [0.717, 1.165) is 0 Å². The van der Waals surface area contributed by atoms with Crippen LogP contribution in [0.3, 0.4) is 0 Å². The SMILES string of the molecule is CC(C)(C)OC(=O)NCC(N)C(C)(C)F. The highest BCUT2D eigenvalue weighted by Gasteiger charge is 2.26. The van der Waals surface area contributed by atoms with E-state index in [1.165, 1.54) is 13.8 Å². The van der Waals surface area contributed by atoms with Crippen LogP contribution in [0.2, 0.25) is 0 Å². The molecule has 0 spiro atoms. The maximum Gasteiger partial charge on any atom is 0.407 e. The molecule has 90 valence electrons. The Hall–Kier alpha value is -0.840. The third-order valence-corrected chi connectivity index (χ3v) is 1.75. The fourth-order valence-corrected chi connectivity index (χ4v) is 0.750. The molecular weight excluding hydrogens is 199 g/mol. The van der Waals surface area contributed by atoms with Crippen LogP contribution in [0.15, 0.2) is 0 Å². The van der Waals surface area contributed by atoms with Gasteiger partial charge in [0.2, 0.25) is 0 Å². The maximum atomic E-state index is 13.3. The number of ether oxygens (including phenoxy) is 1. The molecule has 0 aliphatic heterocycles. The number of carbonyl (C=O) groups is 1. The molecule has 1 atom stereocenters. The number of hydrogen-bond acceptors (Lipinski definition) is 3. The molecule has 0 aliphatic carbocycles. The average molecular weight is 220 g/mol. The number of hydrogen-bond donors (Lipinski definition) is 2. The molecule has 0 rings (SSSR count). The van der Waals surface area contributed by atoms with E-state index in [0.29, 0.717) is 0 Å². The molecule has 5 heteroatoms. The van der Waals surface area contributed by atoms with E-state index in [1.54, 1.807) is 20.8 Å². The summed E-state index contributed by atoms with van der Waals surface area (Å²) in [6.45, 7) is 8.06. The van der Waals surface area contributed by atoms with Crippen LogP contribution in [-0.4, -0.2) is 29.9 Å². The Labute approximate surface area is 90.4 Å². The van der Waals surface area contributed by atoms with Gasteiger partial charge < -0.3 is 15.8 Å². The number of rotatable bonds is 3. The van der Waals surface area contributed by atoms with E-state index in [1.807, 2.05) is 0 Å². The summed E-state index contributed by atoms with van der Waals surface area (Å²) >= 11 is 0.